The molecule has 0 saturated carbocycles. The Bertz CT molecular complexity index is 515. The highest BCUT2D eigenvalue weighted by Gasteiger charge is 1.99. The summed E-state index contributed by atoms with van der Waals surface area (Å²) < 4.78 is 5.49. The van der Waals surface area contributed by atoms with Gasteiger partial charge < -0.3 is 15.4 Å². The smallest absolute Gasteiger partial charge is 0.222 e. The van der Waals surface area contributed by atoms with Gasteiger partial charge in [-0.3, -0.25) is 0 Å². The summed E-state index contributed by atoms with van der Waals surface area (Å²) in [4.78, 5) is 12.6. The predicted octanol–water partition coefficient (Wildman–Crippen LogP) is 1.86. The van der Waals surface area contributed by atoms with Gasteiger partial charge in [-0.1, -0.05) is 6.07 Å². The number of hydrogen-bond acceptors (Lipinski definition) is 6. The van der Waals surface area contributed by atoms with Crippen LogP contribution in [0, 0.1) is 0 Å². The SMILES string of the molecule is CC(C)Nc1ncc(CNCCOc2ccccn2)cn1. The number of nitrogens with zero attached hydrogens (tertiary/aromatic N) is 3. The van der Waals surface area contributed by atoms with Gasteiger partial charge in [-0.25, -0.2) is 15.0 Å². The molecule has 0 aromatic carbocycles. The molecule has 0 fully saturated rings. The lowest BCUT2D eigenvalue weighted by Crippen LogP contribution is -2.21. The Morgan fingerprint density at radius 3 is 2.62 bits per heavy atom. The molecule has 2 N–H and O–H groups in total. The van der Waals surface area contributed by atoms with Gasteiger partial charge in [0, 0.05) is 49.4 Å². The molecule has 0 aliphatic carbocycles. The van der Waals surface area contributed by atoms with Crippen LogP contribution < -0.4 is 15.4 Å². The van der Waals surface area contributed by atoms with Crippen LogP contribution in [-0.4, -0.2) is 34.1 Å². The largest absolute Gasteiger partial charge is 0.476 e. The summed E-state index contributed by atoms with van der Waals surface area (Å²) in [5.74, 6) is 1.30. The monoisotopic (exact) mass is 287 g/mol. The fourth-order valence-corrected chi connectivity index (χ4v) is 1.67. The zero-order valence-corrected chi connectivity index (χ0v) is 12.4. The van der Waals surface area contributed by atoms with Gasteiger partial charge >= 0.3 is 0 Å². The van der Waals surface area contributed by atoms with Crippen LogP contribution >= 0.6 is 0 Å². The summed E-state index contributed by atoms with van der Waals surface area (Å²) >= 11 is 0. The van der Waals surface area contributed by atoms with E-state index in [1.54, 1.807) is 6.20 Å². The van der Waals surface area contributed by atoms with Crippen molar-refractivity contribution in [3.05, 3.63) is 42.4 Å². The second-order valence-corrected chi connectivity index (χ2v) is 4.91. The van der Waals surface area contributed by atoms with Gasteiger partial charge in [0.1, 0.15) is 6.61 Å². The van der Waals surface area contributed by atoms with Gasteiger partial charge in [-0.15, -0.1) is 0 Å². The minimum Gasteiger partial charge on any atom is -0.476 e. The molecule has 21 heavy (non-hydrogen) atoms. The first-order valence-corrected chi connectivity index (χ1v) is 7.06. The number of aromatic nitrogens is 3. The number of anilines is 1. The van der Waals surface area contributed by atoms with Crippen molar-refractivity contribution in [1.82, 2.24) is 20.3 Å². The molecule has 6 heteroatoms. The summed E-state index contributed by atoms with van der Waals surface area (Å²) in [7, 11) is 0. The van der Waals surface area contributed by atoms with Crippen molar-refractivity contribution in [1.29, 1.82) is 0 Å². The number of hydrogen-bond donors (Lipinski definition) is 2. The van der Waals surface area contributed by atoms with Crippen molar-refractivity contribution in [3.63, 3.8) is 0 Å². The molecule has 0 aliphatic heterocycles. The van der Waals surface area contributed by atoms with E-state index in [0.29, 0.717) is 31.0 Å². The maximum Gasteiger partial charge on any atom is 0.222 e. The zero-order chi connectivity index (χ0) is 14.9. The number of nitrogens with one attached hydrogen (secondary N) is 2. The highest BCUT2D eigenvalue weighted by molar-refractivity contribution is 5.25. The van der Waals surface area contributed by atoms with E-state index < -0.39 is 0 Å². The van der Waals surface area contributed by atoms with E-state index in [-0.39, 0.29) is 0 Å². The standard InChI is InChI=1S/C15H21N5O/c1-12(2)20-15-18-10-13(11-19-15)9-16-7-8-21-14-5-3-4-6-17-14/h3-6,10-12,16H,7-9H2,1-2H3,(H,18,19,20). The minimum absolute atomic E-state index is 0.331. The molecule has 6 nitrogen and oxygen atoms in total. The van der Waals surface area contributed by atoms with Gasteiger partial charge in [-0.2, -0.15) is 0 Å². The van der Waals surface area contributed by atoms with Gasteiger partial charge in [0.2, 0.25) is 11.8 Å². The summed E-state index contributed by atoms with van der Waals surface area (Å²) in [6.07, 6.45) is 5.36. The molecular formula is C15H21N5O. The van der Waals surface area contributed by atoms with Crippen LogP contribution in [0.4, 0.5) is 5.95 Å². The molecule has 2 heterocycles. The Morgan fingerprint density at radius 2 is 1.95 bits per heavy atom. The Labute approximate surface area is 125 Å². The lowest BCUT2D eigenvalue weighted by molar-refractivity contribution is 0.302. The highest BCUT2D eigenvalue weighted by atomic mass is 16.5. The Morgan fingerprint density at radius 1 is 1.14 bits per heavy atom. The number of ether oxygens (including phenoxy) is 1. The molecule has 112 valence electrons. The quantitative estimate of drug-likeness (QED) is 0.722. The summed E-state index contributed by atoms with van der Waals surface area (Å²) in [6.45, 7) is 6.14. The predicted molar refractivity (Wildman–Crippen MR) is 82.2 cm³/mol. The molecule has 0 saturated heterocycles. The first kappa shape index (κ1) is 15.2. The number of pyridine rings is 1. The Hall–Kier alpha value is -2.21. The van der Waals surface area contributed by atoms with Gasteiger partial charge in [0.15, 0.2) is 0 Å². The third kappa shape index (κ3) is 5.74. The lowest BCUT2D eigenvalue weighted by atomic mass is 10.3. The topological polar surface area (TPSA) is 72.0 Å². The average molecular weight is 287 g/mol. The van der Waals surface area contributed by atoms with E-state index in [4.69, 9.17) is 4.74 Å². The Balaban J connectivity index is 1.64. The molecule has 0 bridgehead atoms. The summed E-state index contributed by atoms with van der Waals surface area (Å²) in [5.41, 5.74) is 1.04. The summed E-state index contributed by atoms with van der Waals surface area (Å²) in [6, 6.07) is 5.94. The third-order valence-electron chi connectivity index (χ3n) is 2.62. The first-order valence-electron chi connectivity index (χ1n) is 7.06. The zero-order valence-electron chi connectivity index (χ0n) is 12.4. The second-order valence-electron chi connectivity index (χ2n) is 4.91. The van der Waals surface area contributed by atoms with E-state index in [2.05, 4.69) is 39.4 Å². The van der Waals surface area contributed by atoms with Gasteiger partial charge in [-0.05, 0) is 19.9 Å². The van der Waals surface area contributed by atoms with Crippen molar-refractivity contribution < 1.29 is 4.74 Å². The Kier molecular flexibility index (Phi) is 5.90. The molecule has 0 unspecified atom stereocenters. The fraction of sp³-hybridized carbons (Fsp3) is 0.400. The van der Waals surface area contributed by atoms with E-state index >= 15 is 0 Å². The molecule has 2 rings (SSSR count). The van der Waals surface area contributed by atoms with Crippen LogP contribution in [0.2, 0.25) is 0 Å². The molecule has 0 radical (unpaired) electrons. The van der Waals surface area contributed by atoms with E-state index in [0.717, 1.165) is 12.1 Å². The van der Waals surface area contributed by atoms with E-state index in [9.17, 15) is 0 Å². The van der Waals surface area contributed by atoms with Crippen molar-refractivity contribution in [3.8, 4) is 5.88 Å². The van der Waals surface area contributed by atoms with E-state index in [1.165, 1.54) is 0 Å². The van der Waals surface area contributed by atoms with Crippen LogP contribution in [0.15, 0.2) is 36.8 Å². The normalized spacial score (nSPS) is 10.6. The van der Waals surface area contributed by atoms with Crippen molar-refractivity contribution in [2.45, 2.75) is 26.4 Å². The molecule has 2 aromatic heterocycles. The van der Waals surface area contributed by atoms with Crippen LogP contribution in [0.25, 0.3) is 0 Å². The molecule has 2 aromatic rings. The second kappa shape index (κ2) is 8.16. The average Bonchev–Trinajstić information content (AvgIpc) is 2.49. The van der Waals surface area contributed by atoms with Crippen LogP contribution in [0.5, 0.6) is 5.88 Å². The van der Waals surface area contributed by atoms with Gasteiger partial charge in [0.05, 0.1) is 0 Å². The molecular weight excluding hydrogens is 266 g/mol. The molecule has 0 spiro atoms. The fourth-order valence-electron chi connectivity index (χ4n) is 1.67. The molecule has 0 atom stereocenters. The third-order valence-corrected chi connectivity index (χ3v) is 2.62. The lowest BCUT2D eigenvalue weighted by Gasteiger charge is -2.09. The maximum absolute atomic E-state index is 5.49. The summed E-state index contributed by atoms with van der Waals surface area (Å²) in [5, 5.41) is 6.44. The van der Waals surface area contributed by atoms with Crippen molar-refractivity contribution in [2.75, 3.05) is 18.5 Å². The maximum atomic E-state index is 5.49. The number of rotatable bonds is 8. The van der Waals surface area contributed by atoms with Crippen molar-refractivity contribution >= 4 is 5.95 Å². The molecule has 0 aliphatic rings. The first-order chi connectivity index (χ1) is 10.2. The minimum atomic E-state index is 0.331. The van der Waals surface area contributed by atoms with Crippen LogP contribution in [0.3, 0.4) is 0 Å². The van der Waals surface area contributed by atoms with Gasteiger partial charge in [0.25, 0.3) is 0 Å². The van der Waals surface area contributed by atoms with Crippen molar-refractivity contribution in [2.24, 2.45) is 0 Å². The molecule has 0 amide bonds. The highest BCUT2D eigenvalue weighted by Crippen LogP contribution is 2.03. The van der Waals surface area contributed by atoms with Crippen LogP contribution in [-0.2, 0) is 6.54 Å². The van der Waals surface area contributed by atoms with E-state index in [1.807, 2.05) is 30.6 Å². The van der Waals surface area contributed by atoms with Crippen LogP contribution in [0.1, 0.15) is 19.4 Å².